The van der Waals surface area contributed by atoms with E-state index >= 15 is 0 Å². The Bertz CT molecular complexity index is 972. The second kappa shape index (κ2) is 6.79. The van der Waals surface area contributed by atoms with Crippen molar-refractivity contribution < 1.29 is 22.7 Å². The summed E-state index contributed by atoms with van der Waals surface area (Å²) in [7, 11) is 0. The summed E-state index contributed by atoms with van der Waals surface area (Å²) in [6.07, 6.45) is -3.35. The molecule has 6 nitrogen and oxygen atoms in total. The number of nitrogens with two attached hydrogens (primary N) is 1. The average molecular weight is 382 g/mol. The molecular formula is C16H13F3N4O2S. The van der Waals surface area contributed by atoms with Crippen LogP contribution in [0.1, 0.15) is 22.8 Å². The molecule has 0 spiro atoms. The maximum absolute atomic E-state index is 13.3. The zero-order chi connectivity index (χ0) is 18.9. The summed E-state index contributed by atoms with van der Waals surface area (Å²) in [5, 5.41) is 3.73. The molecule has 0 aliphatic carbocycles. The Morgan fingerprint density at radius 2 is 2.12 bits per heavy atom. The number of hydrogen-bond donors (Lipinski definition) is 2. The molecule has 136 valence electrons. The molecule has 0 fully saturated rings. The smallest absolute Gasteiger partial charge is 0.418 e. The molecule has 0 aliphatic rings. The fourth-order valence-corrected chi connectivity index (χ4v) is 3.27. The Balaban J connectivity index is 2.09. The molecule has 0 atom stereocenters. The van der Waals surface area contributed by atoms with Crippen LogP contribution in [0.15, 0.2) is 29.9 Å². The van der Waals surface area contributed by atoms with E-state index in [4.69, 9.17) is 10.5 Å². The summed E-state index contributed by atoms with van der Waals surface area (Å²) >= 11 is 0.883. The summed E-state index contributed by atoms with van der Waals surface area (Å²) in [5.41, 5.74) is 5.02. The molecule has 1 amide bonds. The van der Waals surface area contributed by atoms with Crippen molar-refractivity contribution in [3.8, 4) is 5.75 Å². The number of primary amides is 1. The zero-order valence-electron chi connectivity index (χ0n) is 13.4. The van der Waals surface area contributed by atoms with Crippen molar-refractivity contribution in [1.82, 2.24) is 9.97 Å². The van der Waals surface area contributed by atoms with Crippen LogP contribution >= 0.6 is 11.3 Å². The lowest BCUT2D eigenvalue weighted by Crippen LogP contribution is -2.11. The molecule has 2 heterocycles. The third kappa shape index (κ3) is 3.40. The molecule has 3 N–H and O–H groups in total. The highest BCUT2D eigenvalue weighted by atomic mass is 32.1. The number of aromatic nitrogens is 2. The number of nitrogens with one attached hydrogen (secondary N) is 1. The number of amides is 1. The quantitative estimate of drug-likeness (QED) is 0.697. The number of thiophene rings is 1. The monoisotopic (exact) mass is 382 g/mol. The van der Waals surface area contributed by atoms with E-state index in [2.05, 4.69) is 15.3 Å². The van der Waals surface area contributed by atoms with Gasteiger partial charge in [0.15, 0.2) is 0 Å². The maximum Gasteiger partial charge on any atom is 0.418 e. The van der Waals surface area contributed by atoms with Gasteiger partial charge in [0.05, 0.1) is 23.2 Å². The van der Waals surface area contributed by atoms with Gasteiger partial charge in [-0.25, -0.2) is 9.97 Å². The van der Waals surface area contributed by atoms with E-state index in [1.165, 1.54) is 24.5 Å². The number of ether oxygens (including phenoxy) is 1. The highest BCUT2D eigenvalue weighted by Gasteiger charge is 2.35. The Morgan fingerprint density at radius 3 is 2.77 bits per heavy atom. The van der Waals surface area contributed by atoms with Gasteiger partial charge < -0.3 is 15.8 Å². The first-order chi connectivity index (χ1) is 12.3. The summed E-state index contributed by atoms with van der Waals surface area (Å²) < 4.78 is 45.2. The summed E-state index contributed by atoms with van der Waals surface area (Å²) in [5.74, 6) is -0.366. The molecule has 0 saturated carbocycles. The van der Waals surface area contributed by atoms with E-state index < -0.39 is 17.6 Å². The van der Waals surface area contributed by atoms with Crippen molar-refractivity contribution >= 4 is 39.0 Å². The van der Waals surface area contributed by atoms with Gasteiger partial charge >= 0.3 is 6.18 Å². The normalized spacial score (nSPS) is 11.5. The highest BCUT2D eigenvalue weighted by Crippen LogP contribution is 2.41. The van der Waals surface area contributed by atoms with Crippen LogP contribution in [-0.2, 0) is 6.18 Å². The average Bonchev–Trinajstić information content (AvgIpc) is 3.02. The summed E-state index contributed by atoms with van der Waals surface area (Å²) in [4.78, 5) is 19.4. The number of hydrogen-bond acceptors (Lipinski definition) is 6. The van der Waals surface area contributed by atoms with Gasteiger partial charge in [0, 0.05) is 10.9 Å². The third-order valence-corrected chi connectivity index (χ3v) is 4.38. The Hall–Kier alpha value is -2.88. The lowest BCUT2D eigenvalue weighted by molar-refractivity contribution is -0.136. The van der Waals surface area contributed by atoms with Crippen LogP contribution in [0, 0.1) is 0 Å². The SMILES string of the molecule is CCOc1cc(C(N)=O)ccc1Nc1ncnc2scc(C(F)(F)F)c12. The van der Waals surface area contributed by atoms with Gasteiger partial charge in [-0.15, -0.1) is 11.3 Å². The summed E-state index contributed by atoms with van der Waals surface area (Å²) in [6, 6.07) is 4.37. The van der Waals surface area contributed by atoms with E-state index in [0.717, 1.165) is 16.7 Å². The van der Waals surface area contributed by atoms with Crippen molar-refractivity contribution in [2.75, 3.05) is 11.9 Å². The van der Waals surface area contributed by atoms with Crippen LogP contribution in [0.5, 0.6) is 5.75 Å². The molecule has 0 radical (unpaired) electrons. The first-order valence-corrected chi connectivity index (χ1v) is 8.32. The number of alkyl halides is 3. The van der Waals surface area contributed by atoms with E-state index in [-0.39, 0.29) is 27.3 Å². The Kier molecular flexibility index (Phi) is 4.68. The van der Waals surface area contributed by atoms with Gasteiger partial charge in [-0.05, 0) is 25.1 Å². The van der Waals surface area contributed by atoms with Crippen LogP contribution in [0.4, 0.5) is 24.7 Å². The van der Waals surface area contributed by atoms with Crippen molar-refractivity contribution in [2.45, 2.75) is 13.1 Å². The number of nitrogens with zero attached hydrogens (tertiary/aromatic N) is 2. The number of benzene rings is 1. The maximum atomic E-state index is 13.3. The van der Waals surface area contributed by atoms with Crippen molar-refractivity contribution in [1.29, 1.82) is 0 Å². The molecular weight excluding hydrogens is 369 g/mol. The van der Waals surface area contributed by atoms with E-state index in [0.29, 0.717) is 12.3 Å². The fraction of sp³-hybridized carbons (Fsp3) is 0.188. The minimum Gasteiger partial charge on any atom is -0.492 e. The molecule has 26 heavy (non-hydrogen) atoms. The van der Waals surface area contributed by atoms with Crippen molar-refractivity contribution in [2.24, 2.45) is 5.73 Å². The first-order valence-electron chi connectivity index (χ1n) is 7.44. The number of fused-ring (bicyclic) bond motifs is 1. The molecule has 1 aromatic carbocycles. The molecule has 10 heteroatoms. The van der Waals surface area contributed by atoms with Crippen LogP contribution in [0.3, 0.4) is 0 Å². The third-order valence-electron chi connectivity index (χ3n) is 3.49. The minimum absolute atomic E-state index is 0.00338. The number of carbonyl (C=O) groups excluding carboxylic acids is 1. The number of rotatable bonds is 5. The lowest BCUT2D eigenvalue weighted by Gasteiger charge is -2.14. The second-order valence-electron chi connectivity index (χ2n) is 5.18. The van der Waals surface area contributed by atoms with Gasteiger partial charge in [0.2, 0.25) is 5.91 Å². The van der Waals surface area contributed by atoms with Gasteiger partial charge in [-0.1, -0.05) is 0 Å². The van der Waals surface area contributed by atoms with Gasteiger partial charge in [0.25, 0.3) is 0 Å². The predicted molar refractivity (Wildman–Crippen MR) is 91.8 cm³/mol. The van der Waals surface area contributed by atoms with Gasteiger partial charge in [0.1, 0.15) is 22.7 Å². The Morgan fingerprint density at radius 1 is 1.35 bits per heavy atom. The highest BCUT2D eigenvalue weighted by molar-refractivity contribution is 7.17. The molecule has 0 unspecified atom stereocenters. The first kappa shape index (κ1) is 17.9. The second-order valence-corrected chi connectivity index (χ2v) is 6.04. The fourth-order valence-electron chi connectivity index (χ4n) is 2.36. The number of anilines is 2. The standard InChI is InChI=1S/C16H13F3N4O2S/c1-2-25-11-5-8(13(20)24)3-4-10(11)23-14-12-9(16(17,18)19)6-26-15(12)22-7-21-14/h3-7H,2H2,1H3,(H2,20,24)(H,21,22,23). The lowest BCUT2D eigenvalue weighted by atomic mass is 10.1. The van der Waals surface area contributed by atoms with Crippen LogP contribution < -0.4 is 15.8 Å². The molecule has 0 saturated heterocycles. The molecule has 0 aliphatic heterocycles. The number of halogens is 3. The Labute approximate surface area is 149 Å². The zero-order valence-corrected chi connectivity index (χ0v) is 14.2. The van der Waals surface area contributed by atoms with Crippen LogP contribution in [-0.4, -0.2) is 22.5 Å². The molecule has 0 bridgehead atoms. The van der Waals surface area contributed by atoms with Crippen LogP contribution in [0.25, 0.3) is 10.2 Å². The van der Waals surface area contributed by atoms with Crippen LogP contribution in [0.2, 0.25) is 0 Å². The minimum atomic E-state index is -4.53. The summed E-state index contributed by atoms with van der Waals surface area (Å²) in [6.45, 7) is 2.03. The van der Waals surface area contributed by atoms with Crippen molar-refractivity contribution in [3.63, 3.8) is 0 Å². The van der Waals surface area contributed by atoms with Crippen molar-refractivity contribution in [3.05, 3.63) is 41.0 Å². The molecule has 3 rings (SSSR count). The van der Waals surface area contributed by atoms with E-state index in [9.17, 15) is 18.0 Å². The number of carbonyl (C=O) groups is 1. The molecule has 3 aromatic rings. The predicted octanol–water partition coefficient (Wildman–Crippen LogP) is 3.95. The van der Waals surface area contributed by atoms with E-state index in [1.807, 2.05) is 0 Å². The molecule has 2 aromatic heterocycles. The van der Waals surface area contributed by atoms with Gasteiger partial charge in [-0.2, -0.15) is 13.2 Å². The van der Waals surface area contributed by atoms with E-state index in [1.54, 1.807) is 6.92 Å². The topological polar surface area (TPSA) is 90.1 Å². The largest absolute Gasteiger partial charge is 0.492 e. The van der Waals surface area contributed by atoms with Gasteiger partial charge in [-0.3, -0.25) is 4.79 Å².